The third-order valence-corrected chi connectivity index (χ3v) is 6.11. The van der Waals surface area contributed by atoms with Crippen molar-refractivity contribution < 1.29 is 28.1 Å². The normalized spacial score (nSPS) is 40.8. The second-order valence-corrected chi connectivity index (χ2v) is 12.3. The Morgan fingerprint density at radius 1 is 1.31 bits per heavy atom. The van der Waals surface area contributed by atoms with Crippen LogP contribution < -0.4 is 0 Å². The zero-order chi connectivity index (χ0) is 12.7. The molecule has 5 atom stereocenters. The topological polar surface area (TPSA) is 18.5 Å². The van der Waals surface area contributed by atoms with Gasteiger partial charge < -0.3 is 0 Å². The van der Waals surface area contributed by atoms with E-state index in [1.165, 1.54) is 0 Å². The van der Waals surface area contributed by atoms with E-state index in [4.69, 9.17) is 9.26 Å². The molecule has 0 N–H and O–H groups in total. The summed E-state index contributed by atoms with van der Waals surface area (Å²) < 4.78 is 12.3. The summed E-state index contributed by atoms with van der Waals surface area (Å²) in [5.41, 5.74) is 0.0818. The summed E-state index contributed by atoms with van der Waals surface area (Å²) in [6.45, 7) is 15.6. The molecular weight excluding hydrogens is 391 g/mol. The molecule has 0 aromatic carbocycles. The number of hydrogen-bond acceptors (Lipinski definition) is 2. The Hall–Kier alpha value is 0.908. The van der Waals surface area contributed by atoms with Gasteiger partial charge in [0.2, 0.25) is 0 Å². The third-order valence-electron chi connectivity index (χ3n) is 4.57. The van der Waals surface area contributed by atoms with Gasteiger partial charge in [-0.3, -0.25) is 0 Å². The Morgan fingerprint density at radius 2 is 1.81 bits per heavy atom. The first-order chi connectivity index (χ1) is 7.12. The van der Waals surface area contributed by atoms with Crippen LogP contribution in [-0.2, 0) is 28.1 Å². The Balaban J connectivity index is 2.91. The second kappa shape index (κ2) is 4.88. The van der Waals surface area contributed by atoms with Crippen molar-refractivity contribution in [3.63, 3.8) is 0 Å². The predicted octanol–water partition coefficient (Wildman–Crippen LogP) is 3.72. The molecule has 0 saturated carbocycles. The van der Waals surface area contributed by atoms with Crippen molar-refractivity contribution in [1.82, 2.24) is 0 Å². The van der Waals surface area contributed by atoms with Crippen molar-refractivity contribution >= 4 is 5.78 Å². The molecule has 0 amide bonds. The zero-order valence-corrected chi connectivity index (χ0v) is 15.2. The molecule has 2 nitrogen and oxygen atoms in total. The molecule has 1 rings (SSSR count). The molecular formula is C12H24O2PW+. The van der Waals surface area contributed by atoms with Gasteiger partial charge in [-0.25, -0.2) is 0 Å². The minimum atomic E-state index is -0.249. The van der Waals surface area contributed by atoms with Crippen LogP contribution in [0.25, 0.3) is 0 Å². The quantitative estimate of drug-likeness (QED) is 0.655. The molecule has 94 valence electrons. The first-order valence-corrected chi connectivity index (χ1v) is 11.4. The average Bonchev–Trinajstić information content (AvgIpc) is 2.28. The van der Waals surface area contributed by atoms with E-state index < -0.39 is 0 Å². The van der Waals surface area contributed by atoms with Crippen LogP contribution in [0.3, 0.4) is 0 Å². The average molecular weight is 415 g/mol. The Labute approximate surface area is 111 Å². The summed E-state index contributed by atoms with van der Waals surface area (Å²) in [5, 5.41) is 0. The van der Waals surface area contributed by atoms with Crippen molar-refractivity contribution in [3.8, 4) is 0 Å². The minimum absolute atomic E-state index is 0.144. The fourth-order valence-electron chi connectivity index (χ4n) is 2.50. The molecule has 4 heteroatoms. The van der Waals surface area contributed by atoms with E-state index in [-0.39, 0.29) is 22.9 Å². The molecule has 1 heterocycles. The van der Waals surface area contributed by atoms with Crippen LogP contribution in [0, 0.1) is 11.3 Å². The van der Waals surface area contributed by atoms with Crippen molar-refractivity contribution in [1.29, 1.82) is 0 Å². The van der Waals surface area contributed by atoms with E-state index in [1.54, 1.807) is 18.8 Å². The molecule has 1 fully saturated rings. The first-order valence-electron chi connectivity index (χ1n) is 5.87. The van der Waals surface area contributed by atoms with Crippen molar-refractivity contribution in [2.45, 2.75) is 59.4 Å². The molecule has 0 aromatic rings. The standard InChI is InChI=1S/C12H24O2P.W/c1-8-11(4,5)9(2)13-12(8,6)10(3)14-15-7;/h8-10H,1-7H3;/q-1;+2/t8-,9-,10?,12-;/m0./s1. The van der Waals surface area contributed by atoms with Crippen molar-refractivity contribution in [2.75, 3.05) is 6.66 Å². The monoisotopic (exact) mass is 415 g/mol. The van der Waals surface area contributed by atoms with Gasteiger partial charge in [-0.15, -0.1) is 0 Å². The van der Waals surface area contributed by atoms with Gasteiger partial charge in [0.1, 0.15) is 0 Å². The van der Waals surface area contributed by atoms with Crippen LogP contribution >= 0.6 is 5.78 Å². The van der Waals surface area contributed by atoms with E-state index in [1.807, 2.05) is 0 Å². The Kier molecular flexibility index (Phi) is 4.57. The van der Waals surface area contributed by atoms with Crippen LogP contribution in [0.5, 0.6) is 0 Å². The van der Waals surface area contributed by atoms with Gasteiger partial charge in [0, 0.05) is 0 Å². The number of hydrogen-bond donors (Lipinski definition) is 0. The molecule has 2 unspecified atom stereocenters. The molecule has 0 bridgehead atoms. The molecule has 0 spiro atoms. The number of ether oxygens (including phenoxy) is 1. The van der Waals surface area contributed by atoms with Crippen LogP contribution in [0.1, 0.15) is 41.5 Å². The third kappa shape index (κ3) is 2.51. The maximum atomic E-state index is 6.23. The van der Waals surface area contributed by atoms with Crippen molar-refractivity contribution in [3.05, 3.63) is 0 Å². The molecule has 1 aliphatic heterocycles. The fourth-order valence-corrected chi connectivity index (χ4v) is 4.55. The predicted molar refractivity (Wildman–Crippen MR) is 65.3 cm³/mol. The van der Waals surface area contributed by atoms with Gasteiger partial charge in [-0.1, -0.05) is 0 Å². The summed E-state index contributed by atoms with van der Waals surface area (Å²) >= 11 is 1.54. The van der Waals surface area contributed by atoms with Crippen LogP contribution in [0.2, 0.25) is 0 Å². The maximum absolute atomic E-state index is 6.23. The molecule has 0 radical (unpaired) electrons. The van der Waals surface area contributed by atoms with E-state index in [2.05, 4.69) is 48.2 Å². The van der Waals surface area contributed by atoms with E-state index in [0.29, 0.717) is 12.0 Å². The summed E-state index contributed by atoms with van der Waals surface area (Å²) in [4.78, 5) is 0. The molecule has 16 heavy (non-hydrogen) atoms. The molecule has 1 saturated heterocycles. The first kappa shape index (κ1) is 15.0. The molecule has 0 aliphatic carbocycles. The Bertz CT molecular complexity index is 293. The summed E-state index contributed by atoms with van der Waals surface area (Å²) in [7, 11) is 0. The summed E-state index contributed by atoms with van der Waals surface area (Å²) in [6.07, 6.45) is 0.478. The van der Waals surface area contributed by atoms with E-state index in [0.717, 1.165) is 0 Å². The summed E-state index contributed by atoms with van der Waals surface area (Å²) in [5.74, 6) is 0.261. The zero-order valence-electron chi connectivity index (χ0n) is 11.4. The van der Waals surface area contributed by atoms with Gasteiger partial charge in [-0.2, -0.15) is 0 Å². The van der Waals surface area contributed by atoms with E-state index >= 15 is 0 Å². The SMILES string of the molecule is CC(O[P+](C)=[W])[C@@]1(C)O[C@@H](C)C(C)(C)[C@@H]1C. The number of rotatable bonds is 3. The van der Waals surface area contributed by atoms with Crippen LogP contribution in [0.15, 0.2) is 0 Å². The van der Waals surface area contributed by atoms with Gasteiger partial charge in [0.05, 0.1) is 0 Å². The fraction of sp³-hybridized carbons (Fsp3) is 1.00. The van der Waals surface area contributed by atoms with E-state index in [9.17, 15) is 0 Å². The van der Waals surface area contributed by atoms with Gasteiger partial charge in [0.25, 0.3) is 0 Å². The molecule has 1 aliphatic rings. The Morgan fingerprint density at radius 3 is 2.12 bits per heavy atom. The van der Waals surface area contributed by atoms with Crippen LogP contribution in [0.4, 0.5) is 0 Å². The molecule has 0 aromatic heterocycles. The van der Waals surface area contributed by atoms with Gasteiger partial charge >= 0.3 is 111 Å². The van der Waals surface area contributed by atoms with Gasteiger partial charge in [0.15, 0.2) is 0 Å². The summed E-state index contributed by atoms with van der Waals surface area (Å²) in [6, 6.07) is 0. The second-order valence-electron chi connectivity index (χ2n) is 5.67. The van der Waals surface area contributed by atoms with Crippen molar-refractivity contribution in [2.24, 2.45) is 11.3 Å². The van der Waals surface area contributed by atoms with Crippen LogP contribution in [-0.4, -0.2) is 24.5 Å². The van der Waals surface area contributed by atoms with Gasteiger partial charge in [-0.05, 0) is 0 Å².